The lowest BCUT2D eigenvalue weighted by atomic mass is 9.75. The summed E-state index contributed by atoms with van der Waals surface area (Å²) in [5.41, 5.74) is 6.26. The summed E-state index contributed by atoms with van der Waals surface area (Å²) in [4.78, 5) is 0. The molecule has 6 rings (SSSR count). The average Bonchev–Trinajstić information content (AvgIpc) is 3.30. The van der Waals surface area contributed by atoms with Crippen LogP contribution in [0.15, 0.2) is 121 Å². The molecule has 1 heterocycles. The fourth-order valence-electron chi connectivity index (χ4n) is 7.02. The van der Waals surface area contributed by atoms with E-state index < -0.39 is 7.14 Å². The highest BCUT2D eigenvalue weighted by Crippen LogP contribution is 2.77. The van der Waals surface area contributed by atoms with Crippen LogP contribution in [-0.4, -0.2) is 12.5 Å². The first-order valence-corrected chi connectivity index (χ1v) is 17.3. The third kappa shape index (κ3) is 5.51. The van der Waals surface area contributed by atoms with E-state index in [9.17, 15) is 0 Å². The first kappa shape index (κ1) is 28.7. The molecule has 1 aliphatic heterocycles. The lowest BCUT2D eigenvalue weighted by Crippen LogP contribution is -2.34. The highest BCUT2D eigenvalue weighted by atomic mass is 31.2. The molecule has 3 heteroatoms. The van der Waals surface area contributed by atoms with E-state index in [2.05, 4.69) is 118 Å². The summed E-state index contributed by atoms with van der Waals surface area (Å²) in [5, 5.41) is 1.83. The summed E-state index contributed by atoms with van der Waals surface area (Å²) in [6.45, 7) is 6.94. The lowest BCUT2D eigenvalue weighted by molar-refractivity contribution is -0.0190. The van der Waals surface area contributed by atoms with Gasteiger partial charge in [0.05, 0.1) is 6.10 Å². The standard InChI is InChI=1S/C39H41O2P/c1-28(2)34-25-24-29(3)26-35(34)41-27-42(40)38(32-20-12-6-13-21-32)36(30-16-8-4-9-17-30)37(31-18-10-5-11-19-31)39(42)33-22-14-7-15-23-33/h4-23,28-29,34-35H,24-27H2,1-3H3/t29-,34+,35-/m1/s1. The summed E-state index contributed by atoms with van der Waals surface area (Å²) in [7, 11) is -3.28. The van der Waals surface area contributed by atoms with Crippen LogP contribution in [0.5, 0.6) is 0 Å². The molecular weight excluding hydrogens is 531 g/mol. The minimum absolute atomic E-state index is 0.106. The van der Waals surface area contributed by atoms with Crippen molar-refractivity contribution in [2.24, 2.45) is 17.8 Å². The first-order valence-electron chi connectivity index (χ1n) is 15.4. The van der Waals surface area contributed by atoms with Gasteiger partial charge in [-0.3, -0.25) is 0 Å². The normalized spacial score (nSPS) is 22.1. The van der Waals surface area contributed by atoms with Crippen molar-refractivity contribution in [2.45, 2.75) is 46.1 Å². The van der Waals surface area contributed by atoms with E-state index in [1.807, 2.05) is 24.3 Å². The Morgan fingerprint density at radius 1 is 0.643 bits per heavy atom. The zero-order valence-electron chi connectivity index (χ0n) is 24.9. The second kappa shape index (κ2) is 12.4. The Hall–Kier alpha value is -3.45. The van der Waals surface area contributed by atoms with Crippen LogP contribution in [0.25, 0.3) is 21.8 Å². The maximum atomic E-state index is 16.2. The predicted molar refractivity (Wildman–Crippen MR) is 178 cm³/mol. The van der Waals surface area contributed by atoms with Crippen molar-refractivity contribution in [2.75, 3.05) is 6.35 Å². The minimum Gasteiger partial charge on any atom is -0.370 e. The molecule has 2 nitrogen and oxygen atoms in total. The van der Waals surface area contributed by atoms with Gasteiger partial charge in [-0.2, -0.15) is 0 Å². The quantitative estimate of drug-likeness (QED) is 0.196. The van der Waals surface area contributed by atoms with E-state index in [4.69, 9.17) is 4.74 Å². The molecule has 0 N–H and O–H groups in total. The molecule has 0 unspecified atom stereocenters. The Kier molecular flexibility index (Phi) is 8.48. The molecule has 1 aliphatic carbocycles. The lowest BCUT2D eigenvalue weighted by Gasteiger charge is -2.38. The maximum absolute atomic E-state index is 16.2. The molecule has 42 heavy (non-hydrogen) atoms. The van der Waals surface area contributed by atoms with Crippen LogP contribution < -0.4 is 0 Å². The summed E-state index contributed by atoms with van der Waals surface area (Å²) in [6, 6.07) is 41.7. The van der Waals surface area contributed by atoms with Gasteiger partial charge >= 0.3 is 0 Å². The highest BCUT2D eigenvalue weighted by Gasteiger charge is 2.46. The summed E-state index contributed by atoms with van der Waals surface area (Å²) in [6.07, 6.45) is 3.74. The van der Waals surface area contributed by atoms with Crippen LogP contribution in [0.4, 0.5) is 0 Å². The smallest absolute Gasteiger partial charge is 0.170 e. The van der Waals surface area contributed by atoms with Crippen molar-refractivity contribution in [3.05, 3.63) is 144 Å². The fourth-order valence-corrected chi connectivity index (χ4v) is 10.2. The number of ether oxygens (including phenoxy) is 1. The fraction of sp³-hybridized carbons (Fsp3) is 0.282. The van der Waals surface area contributed by atoms with E-state index in [1.165, 1.54) is 12.8 Å². The molecular formula is C39H41O2P. The largest absolute Gasteiger partial charge is 0.370 e. The van der Waals surface area contributed by atoms with Crippen molar-refractivity contribution in [1.82, 2.24) is 0 Å². The van der Waals surface area contributed by atoms with Crippen molar-refractivity contribution in [1.29, 1.82) is 0 Å². The molecule has 0 aromatic heterocycles. The van der Waals surface area contributed by atoms with Crippen molar-refractivity contribution in [3.63, 3.8) is 0 Å². The maximum Gasteiger partial charge on any atom is 0.170 e. The molecule has 0 amide bonds. The molecule has 0 saturated heterocycles. The van der Waals surface area contributed by atoms with Gasteiger partial charge in [0.15, 0.2) is 7.14 Å². The van der Waals surface area contributed by atoms with Crippen LogP contribution in [0.3, 0.4) is 0 Å². The van der Waals surface area contributed by atoms with Gasteiger partial charge in [0.1, 0.15) is 6.35 Å². The number of rotatable bonds is 8. The zero-order valence-corrected chi connectivity index (χ0v) is 25.8. The van der Waals surface area contributed by atoms with Crippen LogP contribution >= 0.6 is 7.14 Å². The minimum atomic E-state index is -3.28. The zero-order chi connectivity index (χ0) is 29.1. The number of benzene rings is 4. The molecule has 3 atom stereocenters. The van der Waals surface area contributed by atoms with Gasteiger partial charge in [-0.25, -0.2) is 0 Å². The molecule has 0 radical (unpaired) electrons. The summed E-state index contributed by atoms with van der Waals surface area (Å²) >= 11 is 0. The Morgan fingerprint density at radius 2 is 1.05 bits per heavy atom. The van der Waals surface area contributed by atoms with Gasteiger partial charge in [-0.15, -0.1) is 0 Å². The first-order chi connectivity index (χ1) is 20.5. The summed E-state index contributed by atoms with van der Waals surface area (Å²) < 4.78 is 23.2. The van der Waals surface area contributed by atoms with E-state index in [-0.39, 0.29) is 12.5 Å². The Bertz CT molecular complexity index is 1500. The summed E-state index contributed by atoms with van der Waals surface area (Å²) in [5.74, 6) is 1.62. The third-order valence-corrected chi connectivity index (χ3v) is 12.0. The van der Waals surface area contributed by atoms with E-state index in [0.29, 0.717) is 17.8 Å². The van der Waals surface area contributed by atoms with E-state index in [1.54, 1.807) is 0 Å². The van der Waals surface area contributed by atoms with Gasteiger partial charge in [0, 0.05) is 21.8 Å². The highest BCUT2D eigenvalue weighted by molar-refractivity contribution is 7.85. The Balaban J connectivity index is 1.62. The monoisotopic (exact) mass is 572 g/mol. The van der Waals surface area contributed by atoms with E-state index >= 15 is 4.57 Å². The molecule has 0 spiro atoms. The van der Waals surface area contributed by atoms with Gasteiger partial charge in [-0.1, -0.05) is 149 Å². The Labute approximate surface area is 251 Å². The van der Waals surface area contributed by atoms with Gasteiger partial charge in [0.25, 0.3) is 0 Å². The van der Waals surface area contributed by atoms with Crippen LogP contribution in [0.2, 0.25) is 0 Å². The van der Waals surface area contributed by atoms with Crippen molar-refractivity contribution < 1.29 is 9.30 Å². The predicted octanol–water partition coefficient (Wildman–Crippen LogP) is 10.9. The molecule has 0 bridgehead atoms. The SMILES string of the molecule is CC(C)[C@@H]1CC[C@@H](C)C[C@H]1OCP1(=O)C(c2ccccc2)=C(c2ccccc2)C(c2ccccc2)=C1c1ccccc1. The number of hydrogen-bond donors (Lipinski definition) is 0. The van der Waals surface area contributed by atoms with Crippen molar-refractivity contribution >= 4 is 28.9 Å². The molecule has 4 aromatic carbocycles. The second-order valence-electron chi connectivity index (χ2n) is 12.3. The van der Waals surface area contributed by atoms with Gasteiger partial charge in [0.2, 0.25) is 0 Å². The average molecular weight is 573 g/mol. The third-order valence-electron chi connectivity index (χ3n) is 9.10. The van der Waals surface area contributed by atoms with Crippen LogP contribution in [-0.2, 0) is 9.30 Å². The van der Waals surface area contributed by atoms with Gasteiger partial charge in [-0.05, 0) is 52.8 Å². The molecule has 1 fully saturated rings. The second-order valence-corrected chi connectivity index (χ2v) is 14.9. The molecule has 1 saturated carbocycles. The number of hydrogen-bond acceptors (Lipinski definition) is 2. The van der Waals surface area contributed by atoms with Crippen LogP contribution in [0, 0.1) is 17.8 Å². The van der Waals surface area contributed by atoms with E-state index in [0.717, 1.165) is 50.4 Å². The van der Waals surface area contributed by atoms with Crippen molar-refractivity contribution in [3.8, 4) is 0 Å². The Morgan fingerprint density at radius 3 is 1.45 bits per heavy atom. The topological polar surface area (TPSA) is 26.3 Å². The molecule has 4 aromatic rings. The van der Waals surface area contributed by atoms with Gasteiger partial charge < -0.3 is 9.30 Å². The molecule has 214 valence electrons. The molecule has 2 aliphatic rings. The number of allylic oxidation sites excluding steroid dienone is 2. The van der Waals surface area contributed by atoms with Crippen LogP contribution in [0.1, 0.15) is 62.3 Å².